The van der Waals surface area contributed by atoms with Crippen LogP contribution >= 0.6 is 0 Å². The molecule has 0 fully saturated rings. The number of pyridine rings is 1. The second-order valence-electron chi connectivity index (χ2n) is 4.82. The lowest BCUT2D eigenvalue weighted by atomic mass is 10.2. The molecule has 2 N–H and O–H groups in total. The monoisotopic (exact) mass is 251 g/mol. The van der Waals surface area contributed by atoms with Crippen LogP contribution in [0.4, 0.5) is 4.79 Å². The fourth-order valence-electron chi connectivity index (χ4n) is 1.45. The third kappa shape index (κ3) is 2.20. The molecule has 0 aliphatic carbocycles. The Kier molecular flexibility index (Phi) is 2.61. The third-order valence-electron chi connectivity index (χ3n) is 2.12. The lowest BCUT2D eigenvalue weighted by molar-refractivity contribution is 0.0522. The number of aromatic amines is 1. The molecule has 2 rings (SSSR count). The summed E-state index contributed by atoms with van der Waals surface area (Å²) in [5, 5.41) is 13.6. The zero-order valence-corrected chi connectivity index (χ0v) is 10.2. The number of hydrogen-bond donors (Lipinski definition) is 2. The predicted molar refractivity (Wildman–Crippen MR) is 63.7 cm³/mol. The van der Waals surface area contributed by atoms with Crippen molar-refractivity contribution in [3.05, 3.63) is 22.6 Å². The molecule has 0 unspecified atom stereocenters. The highest BCUT2D eigenvalue weighted by Gasteiger charge is 2.21. The maximum atomic E-state index is 11.8. The Morgan fingerprint density at radius 1 is 1.50 bits per heavy atom. The van der Waals surface area contributed by atoms with Gasteiger partial charge in [-0.3, -0.25) is 4.79 Å². The molecule has 0 saturated heterocycles. The summed E-state index contributed by atoms with van der Waals surface area (Å²) in [5.41, 5.74) is -1.09. The topological polar surface area (TPSA) is 97.2 Å². The van der Waals surface area contributed by atoms with Crippen molar-refractivity contribution in [2.24, 2.45) is 0 Å². The van der Waals surface area contributed by atoms with Crippen molar-refractivity contribution in [3.63, 3.8) is 0 Å². The molecule has 7 nitrogen and oxygen atoms in total. The smallest absolute Gasteiger partial charge is 0.437 e. The first-order valence-electron chi connectivity index (χ1n) is 5.31. The second kappa shape index (κ2) is 3.86. The van der Waals surface area contributed by atoms with Gasteiger partial charge in [0.1, 0.15) is 11.4 Å². The molecule has 2 aromatic heterocycles. The molecular weight excluding hydrogens is 238 g/mol. The van der Waals surface area contributed by atoms with Crippen LogP contribution in [-0.4, -0.2) is 31.6 Å². The molecule has 0 atom stereocenters. The summed E-state index contributed by atoms with van der Waals surface area (Å²) >= 11 is 0. The van der Waals surface area contributed by atoms with Crippen LogP contribution in [0.25, 0.3) is 11.0 Å². The van der Waals surface area contributed by atoms with E-state index in [1.54, 1.807) is 20.8 Å². The first-order chi connectivity index (χ1) is 8.28. The minimum atomic E-state index is -0.723. The number of carbonyl (C=O) groups is 1. The Morgan fingerprint density at radius 2 is 2.17 bits per heavy atom. The van der Waals surface area contributed by atoms with Gasteiger partial charge in [-0.15, -0.1) is 4.68 Å². The summed E-state index contributed by atoms with van der Waals surface area (Å²) in [4.78, 5) is 25.5. The molecular formula is C11H13N3O4. The Labute approximate surface area is 102 Å². The van der Waals surface area contributed by atoms with Gasteiger partial charge in [0.05, 0.1) is 11.6 Å². The van der Waals surface area contributed by atoms with Gasteiger partial charge in [-0.25, -0.2) is 4.79 Å². The largest absolute Gasteiger partial charge is 0.507 e. The molecule has 0 bridgehead atoms. The number of aromatic hydroxyl groups is 1. The van der Waals surface area contributed by atoms with E-state index in [1.165, 1.54) is 6.20 Å². The van der Waals surface area contributed by atoms with Crippen LogP contribution in [0.2, 0.25) is 0 Å². The van der Waals surface area contributed by atoms with E-state index >= 15 is 0 Å². The predicted octanol–water partition coefficient (Wildman–Crippen LogP) is 1.21. The zero-order chi connectivity index (χ0) is 13.5. The van der Waals surface area contributed by atoms with Gasteiger partial charge in [0.15, 0.2) is 5.65 Å². The molecule has 0 aliphatic rings. The van der Waals surface area contributed by atoms with E-state index in [1.807, 2.05) is 0 Å². The van der Waals surface area contributed by atoms with Gasteiger partial charge in [0.2, 0.25) is 0 Å². The number of carbonyl (C=O) groups excluding carboxylic acids is 1. The fourth-order valence-corrected chi connectivity index (χ4v) is 1.45. The van der Waals surface area contributed by atoms with Crippen molar-refractivity contribution in [3.8, 4) is 5.75 Å². The standard InChI is InChI=1S/C11H13N3O4/c1-11(2,3)18-10(17)14-9-6(5-12-14)7(15)4-8(16)13-9/h4-5H,1-3H3,(H2,13,15,16). The Hall–Kier alpha value is -2.31. The number of nitrogens with zero attached hydrogens (tertiary/aromatic N) is 2. The zero-order valence-electron chi connectivity index (χ0n) is 10.2. The molecule has 2 aromatic rings. The van der Waals surface area contributed by atoms with Crippen molar-refractivity contribution >= 4 is 17.1 Å². The van der Waals surface area contributed by atoms with Gasteiger partial charge in [-0.1, -0.05) is 0 Å². The molecule has 0 amide bonds. The maximum absolute atomic E-state index is 11.8. The molecule has 18 heavy (non-hydrogen) atoms. The molecule has 0 aliphatic heterocycles. The first kappa shape index (κ1) is 12.2. The van der Waals surface area contributed by atoms with E-state index < -0.39 is 17.3 Å². The highest BCUT2D eigenvalue weighted by atomic mass is 16.6. The van der Waals surface area contributed by atoms with E-state index in [0.717, 1.165) is 10.7 Å². The second-order valence-corrected chi connectivity index (χ2v) is 4.82. The van der Waals surface area contributed by atoms with Crippen molar-refractivity contribution < 1.29 is 14.6 Å². The van der Waals surface area contributed by atoms with Crippen LogP contribution in [0.3, 0.4) is 0 Å². The van der Waals surface area contributed by atoms with Crippen molar-refractivity contribution in [2.75, 3.05) is 0 Å². The van der Waals surface area contributed by atoms with E-state index in [2.05, 4.69) is 10.1 Å². The molecule has 0 saturated carbocycles. The van der Waals surface area contributed by atoms with Gasteiger partial charge in [-0.2, -0.15) is 5.10 Å². The minimum Gasteiger partial charge on any atom is -0.507 e. The lowest BCUT2D eigenvalue weighted by Gasteiger charge is -2.18. The van der Waals surface area contributed by atoms with Crippen molar-refractivity contribution in [1.82, 2.24) is 14.8 Å². The van der Waals surface area contributed by atoms with Crippen LogP contribution in [0, 0.1) is 0 Å². The van der Waals surface area contributed by atoms with Gasteiger partial charge >= 0.3 is 6.09 Å². The minimum absolute atomic E-state index is 0.106. The number of nitrogens with one attached hydrogen (secondary N) is 1. The van der Waals surface area contributed by atoms with Crippen molar-refractivity contribution in [2.45, 2.75) is 26.4 Å². The summed E-state index contributed by atoms with van der Waals surface area (Å²) in [7, 11) is 0. The summed E-state index contributed by atoms with van der Waals surface area (Å²) < 4.78 is 6.03. The first-order valence-corrected chi connectivity index (χ1v) is 5.31. The number of H-pyrrole nitrogens is 1. The highest BCUT2D eigenvalue weighted by Crippen LogP contribution is 2.20. The number of ether oxygens (including phenoxy) is 1. The normalized spacial score (nSPS) is 11.7. The Bertz CT molecular complexity index is 663. The van der Waals surface area contributed by atoms with Gasteiger partial charge < -0.3 is 14.8 Å². The summed E-state index contributed by atoms with van der Waals surface area (Å²) in [5.74, 6) is -0.233. The maximum Gasteiger partial charge on any atom is 0.437 e. The average molecular weight is 251 g/mol. The van der Waals surface area contributed by atoms with Crippen LogP contribution in [0.1, 0.15) is 20.8 Å². The van der Waals surface area contributed by atoms with Crippen LogP contribution < -0.4 is 5.56 Å². The molecule has 0 spiro atoms. The Balaban J connectivity index is 2.53. The number of aromatic nitrogens is 3. The molecule has 0 radical (unpaired) electrons. The summed E-state index contributed by atoms with van der Waals surface area (Å²) in [6.45, 7) is 5.16. The van der Waals surface area contributed by atoms with E-state index in [0.29, 0.717) is 0 Å². The fraction of sp³-hybridized carbons (Fsp3) is 0.364. The van der Waals surface area contributed by atoms with Crippen molar-refractivity contribution in [1.29, 1.82) is 0 Å². The SMILES string of the molecule is CC(C)(C)OC(=O)n1ncc2c(O)cc(=O)[nH]c21. The average Bonchev–Trinajstić information content (AvgIpc) is 2.58. The van der Waals surface area contributed by atoms with E-state index in [4.69, 9.17) is 4.74 Å². The molecule has 96 valence electrons. The molecule has 2 heterocycles. The number of hydrogen-bond acceptors (Lipinski definition) is 5. The van der Waals surface area contributed by atoms with Gasteiger partial charge in [0, 0.05) is 6.07 Å². The van der Waals surface area contributed by atoms with Gasteiger partial charge in [-0.05, 0) is 20.8 Å². The summed E-state index contributed by atoms with van der Waals surface area (Å²) in [6, 6.07) is 1.02. The summed E-state index contributed by atoms with van der Waals surface area (Å²) in [6.07, 6.45) is 0.559. The Morgan fingerprint density at radius 3 is 2.78 bits per heavy atom. The highest BCUT2D eigenvalue weighted by molar-refractivity contribution is 5.88. The van der Waals surface area contributed by atoms with E-state index in [-0.39, 0.29) is 16.8 Å². The van der Waals surface area contributed by atoms with E-state index in [9.17, 15) is 14.7 Å². The lowest BCUT2D eigenvalue weighted by Crippen LogP contribution is -2.28. The third-order valence-corrected chi connectivity index (χ3v) is 2.12. The number of fused-ring (bicyclic) bond motifs is 1. The van der Waals surface area contributed by atoms with Crippen LogP contribution in [0.15, 0.2) is 17.1 Å². The number of rotatable bonds is 0. The quantitative estimate of drug-likeness (QED) is 0.733. The van der Waals surface area contributed by atoms with Crippen LogP contribution in [0.5, 0.6) is 5.75 Å². The van der Waals surface area contributed by atoms with Crippen LogP contribution in [-0.2, 0) is 4.74 Å². The molecule has 0 aromatic carbocycles. The molecule has 7 heteroatoms. The van der Waals surface area contributed by atoms with Gasteiger partial charge in [0.25, 0.3) is 5.56 Å².